The van der Waals surface area contributed by atoms with E-state index in [9.17, 15) is 4.79 Å². The highest BCUT2D eigenvalue weighted by molar-refractivity contribution is 5.95. The fraction of sp³-hybridized carbons (Fsp3) is 0.174. The van der Waals surface area contributed by atoms with E-state index in [2.05, 4.69) is 30.3 Å². The van der Waals surface area contributed by atoms with Gasteiger partial charge in [-0.05, 0) is 36.4 Å². The van der Waals surface area contributed by atoms with E-state index in [0.717, 1.165) is 17.3 Å². The van der Waals surface area contributed by atoms with E-state index >= 15 is 0 Å². The van der Waals surface area contributed by atoms with Crippen LogP contribution < -0.4 is 10.2 Å². The molecule has 1 aliphatic heterocycles. The molecular weight excluding hydrogens is 404 g/mol. The lowest BCUT2D eigenvalue weighted by Crippen LogP contribution is -2.49. The molecule has 0 unspecified atom stereocenters. The number of hydrogen-bond donors (Lipinski definition) is 1. The Morgan fingerprint density at radius 3 is 2.53 bits per heavy atom. The third-order valence-corrected chi connectivity index (χ3v) is 5.33. The van der Waals surface area contributed by atoms with Crippen LogP contribution in [0, 0.1) is 0 Å². The van der Waals surface area contributed by atoms with Gasteiger partial charge in [-0.3, -0.25) is 4.79 Å². The van der Waals surface area contributed by atoms with Gasteiger partial charge in [0.2, 0.25) is 0 Å². The van der Waals surface area contributed by atoms with Crippen molar-refractivity contribution in [2.45, 2.75) is 0 Å². The highest BCUT2D eigenvalue weighted by Gasteiger charge is 2.23. The maximum Gasteiger partial charge on any atom is 0.254 e. The molecule has 0 aliphatic carbocycles. The first-order valence-electron chi connectivity index (χ1n) is 10.4. The molecule has 1 fully saturated rings. The summed E-state index contributed by atoms with van der Waals surface area (Å²) >= 11 is 0. The molecule has 1 saturated heterocycles. The van der Waals surface area contributed by atoms with Crippen molar-refractivity contribution in [1.29, 1.82) is 0 Å². The van der Waals surface area contributed by atoms with E-state index in [1.165, 1.54) is 0 Å². The van der Waals surface area contributed by atoms with Crippen LogP contribution in [0.3, 0.4) is 0 Å². The Labute approximate surface area is 185 Å². The van der Waals surface area contributed by atoms with Crippen molar-refractivity contribution in [2.75, 3.05) is 36.4 Å². The number of aromatic nitrogens is 5. The van der Waals surface area contributed by atoms with Gasteiger partial charge in [-0.2, -0.15) is 5.10 Å². The number of nitrogens with zero attached hydrogens (tertiary/aromatic N) is 7. The van der Waals surface area contributed by atoms with Crippen molar-refractivity contribution in [3.05, 3.63) is 85.1 Å². The first-order valence-corrected chi connectivity index (χ1v) is 10.4. The molecule has 1 N–H and O–H groups in total. The molecule has 4 heterocycles. The smallest absolute Gasteiger partial charge is 0.254 e. The van der Waals surface area contributed by atoms with Crippen LogP contribution in [-0.4, -0.2) is 61.7 Å². The molecule has 1 amide bonds. The third kappa shape index (κ3) is 4.27. The zero-order valence-corrected chi connectivity index (χ0v) is 17.4. The fourth-order valence-electron chi connectivity index (χ4n) is 3.68. The Morgan fingerprint density at radius 1 is 0.844 bits per heavy atom. The number of nitrogens with one attached hydrogen (secondary N) is 1. The summed E-state index contributed by atoms with van der Waals surface area (Å²) in [6.45, 7) is 2.64. The maximum atomic E-state index is 13.1. The van der Waals surface area contributed by atoms with Crippen molar-refractivity contribution >= 4 is 23.4 Å². The van der Waals surface area contributed by atoms with Crippen LogP contribution in [0.4, 0.5) is 17.5 Å². The van der Waals surface area contributed by atoms with Crippen LogP contribution >= 0.6 is 0 Å². The van der Waals surface area contributed by atoms with Gasteiger partial charge in [-0.25, -0.2) is 19.6 Å². The molecule has 0 radical (unpaired) electrons. The number of pyridine rings is 1. The molecule has 0 spiro atoms. The monoisotopic (exact) mass is 426 g/mol. The number of amides is 1. The van der Waals surface area contributed by atoms with Crippen LogP contribution in [0.1, 0.15) is 10.4 Å². The van der Waals surface area contributed by atoms with Gasteiger partial charge in [0.05, 0.1) is 5.69 Å². The predicted molar refractivity (Wildman–Crippen MR) is 121 cm³/mol. The first-order chi connectivity index (χ1) is 15.8. The standard InChI is InChI=1S/C23H22N8O/c32-23(18-5-3-6-19(15-18)31-10-4-9-27-31)30-13-11-29(12-14-30)22-16-21(25-17-26-22)28-20-7-1-2-8-24-20/h1-10,15-17H,11-14H2,(H,24,25,26,28). The van der Waals surface area contributed by atoms with Gasteiger partial charge in [0.15, 0.2) is 0 Å². The minimum absolute atomic E-state index is 0.0267. The van der Waals surface area contributed by atoms with Crippen LogP contribution in [0.15, 0.2) is 79.5 Å². The molecular formula is C23H22N8O. The molecule has 3 aromatic heterocycles. The average molecular weight is 426 g/mol. The molecule has 32 heavy (non-hydrogen) atoms. The molecule has 0 bridgehead atoms. The maximum absolute atomic E-state index is 13.1. The Bertz CT molecular complexity index is 1190. The van der Waals surface area contributed by atoms with Gasteiger partial charge >= 0.3 is 0 Å². The zero-order chi connectivity index (χ0) is 21.8. The fourth-order valence-corrected chi connectivity index (χ4v) is 3.68. The van der Waals surface area contributed by atoms with Crippen molar-refractivity contribution in [3.8, 4) is 5.69 Å². The van der Waals surface area contributed by atoms with Gasteiger partial charge in [-0.15, -0.1) is 0 Å². The Kier molecular flexibility index (Phi) is 5.44. The van der Waals surface area contributed by atoms with Gasteiger partial charge < -0.3 is 15.1 Å². The lowest BCUT2D eigenvalue weighted by atomic mass is 10.1. The summed E-state index contributed by atoms with van der Waals surface area (Å²) in [7, 11) is 0. The summed E-state index contributed by atoms with van der Waals surface area (Å²) in [5.41, 5.74) is 1.53. The summed E-state index contributed by atoms with van der Waals surface area (Å²) in [5, 5.41) is 7.43. The first kappa shape index (κ1) is 19.7. The van der Waals surface area contributed by atoms with Gasteiger partial charge in [-0.1, -0.05) is 12.1 Å². The Balaban J connectivity index is 1.23. The van der Waals surface area contributed by atoms with E-state index in [1.54, 1.807) is 23.4 Å². The molecule has 0 saturated carbocycles. The van der Waals surface area contributed by atoms with E-state index in [-0.39, 0.29) is 5.91 Å². The summed E-state index contributed by atoms with van der Waals surface area (Å²) < 4.78 is 1.75. The van der Waals surface area contributed by atoms with Crippen molar-refractivity contribution in [2.24, 2.45) is 0 Å². The SMILES string of the molecule is O=C(c1cccc(-n2cccn2)c1)N1CCN(c2cc(Nc3ccccn3)ncn2)CC1. The zero-order valence-electron chi connectivity index (χ0n) is 17.4. The molecule has 5 rings (SSSR count). The number of carbonyl (C=O) groups excluding carboxylic acids is 1. The second kappa shape index (κ2) is 8.84. The van der Waals surface area contributed by atoms with Crippen molar-refractivity contribution in [3.63, 3.8) is 0 Å². The molecule has 9 nitrogen and oxygen atoms in total. The molecule has 4 aromatic rings. The van der Waals surface area contributed by atoms with Crippen LogP contribution in [0.5, 0.6) is 0 Å². The van der Waals surface area contributed by atoms with E-state index in [4.69, 9.17) is 0 Å². The molecule has 0 atom stereocenters. The lowest BCUT2D eigenvalue weighted by molar-refractivity contribution is 0.0746. The highest BCUT2D eigenvalue weighted by atomic mass is 16.2. The quantitative estimate of drug-likeness (QED) is 0.525. The number of benzene rings is 1. The summed E-state index contributed by atoms with van der Waals surface area (Å²) in [4.78, 5) is 30.1. The minimum atomic E-state index is 0.0267. The van der Waals surface area contributed by atoms with Crippen LogP contribution in [-0.2, 0) is 0 Å². The lowest BCUT2D eigenvalue weighted by Gasteiger charge is -2.35. The molecule has 1 aliphatic rings. The minimum Gasteiger partial charge on any atom is -0.353 e. The molecule has 9 heteroatoms. The van der Waals surface area contributed by atoms with Gasteiger partial charge in [0.25, 0.3) is 5.91 Å². The van der Waals surface area contributed by atoms with Crippen molar-refractivity contribution in [1.82, 2.24) is 29.6 Å². The molecule has 1 aromatic carbocycles. The topological polar surface area (TPSA) is 92.1 Å². The second-order valence-corrected chi connectivity index (χ2v) is 7.38. The largest absolute Gasteiger partial charge is 0.353 e. The molecule has 160 valence electrons. The summed E-state index contributed by atoms with van der Waals surface area (Å²) in [6.07, 6.45) is 6.85. The van der Waals surface area contributed by atoms with E-state index in [0.29, 0.717) is 37.6 Å². The Hall–Kier alpha value is -4.27. The van der Waals surface area contributed by atoms with Crippen molar-refractivity contribution < 1.29 is 4.79 Å². The van der Waals surface area contributed by atoms with Crippen LogP contribution in [0.2, 0.25) is 0 Å². The second-order valence-electron chi connectivity index (χ2n) is 7.38. The van der Waals surface area contributed by atoms with E-state index < -0.39 is 0 Å². The number of hydrogen-bond acceptors (Lipinski definition) is 7. The Morgan fingerprint density at radius 2 is 1.75 bits per heavy atom. The van der Waals surface area contributed by atoms with Crippen LogP contribution in [0.25, 0.3) is 5.69 Å². The normalized spacial score (nSPS) is 13.8. The average Bonchev–Trinajstić information content (AvgIpc) is 3.40. The highest BCUT2D eigenvalue weighted by Crippen LogP contribution is 2.20. The number of piperazine rings is 1. The summed E-state index contributed by atoms with van der Waals surface area (Å²) in [5.74, 6) is 2.26. The number of anilines is 3. The van der Waals surface area contributed by atoms with E-state index in [1.807, 2.05) is 65.7 Å². The predicted octanol–water partition coefficient (Wildman–Crippen LogP) is 2.76. The summed E-state index contributed by atoms with van der Waals surface area (Å²) in [6, 6.07) is 17.0. The number of rotatable bonds is 5. The number of carbonyl (C=O) groups is 1. The van der Waals surface area contributed by atoms with Gasteiger partial charge in [0.1, 0.15) is 23.8 Å². The van der Waals surface area contributed by atoms with Gasteiger partial charge in [0, 0.05) is 56.4 Å². The third-order valence-electron chi connectivity index (χ3n) is 5.33.